The molecule has 1 saturated carbocycles. The predicted molar refractivity (Wildman–Crippen MR) is 109 cm³/mol. The Kier molecular flexibility index (Phi) is 4.54. The zero-order valence-corrected chi connectivity index (χ0v) is 16.7. The average Bonchev–Trinajstić information content (AvgIpc) is 3.44. The lowest BCUT2D eigenvalue weighted by molar-refractivity contribution is 0.223. The summed E-state index contributed by atoms with van der Waals surface area (Å²) in [4.78, 5) is 22.4. The summed E-state index contributed by atoms with van der Waals surface area (Å²) in [6.45, 7) is 2.09. The number of fused-ring (bicyclic) bond motifs is 1. The van der Waals surface area contributed by atoms with Crippen LogP contribution in [0, 0.1) is 0 Å². The number of aromatic nitrogens is 2. The van der Waals surface area contributed by atoms with Gasteiger partial charge in [-0.25, -0.2) is 4.98 Å². The Hall–Kier alpha value is -2.08. The van der Waals surface area contributed by atoms with Crippen molar-refractivity contribution in [3.63, 3.8) is 0 Å². The summed E-state index contributed by atoms with van der Waals surface area (Å²) >= 11 is 12.1. The van der Waals surface area contributed by atoms with Crippen LogP contribution in [-0.4, -0.2) is 21.4 Å². The van der Waals surface area contributed by atoms with Gasteiger partial charge in [0, 0.05) is 31.0 Å². The molecule has 0 atom stereocenters. The van der Waals surface area contributed by atoms with Crippen LogP contribution in [0.5, 0.6) is 0 Å². The van der Waals surface area contributed by atoms with Gasteiger partial charge in [-0.3, -0.25) is 9.69 Å². The summed E-state index contributed by atoms with van der Waals surface area (Å²) < 4.78 is 6.00. The third-order valence-corrected chi connectivity index (χ3v) is 6.11. The molecule has 1 aromatic carbocycles. The molecule has 0 amide bonds. The number of rotatable bonds is 4. The van der Waals surface area contributed by atoms with Crippen LogP contribution in [0.4, 0.5) is 0 Å². The van der Waals surface area contributed by atoms with Crippen LogP contribution in [0.1, 0.15) is 41.6 Å². The van der Waals surface area contributed by atoms with E-state index in [9.17, 15) is 4.79 Å². The maximum absolute atomic E-state index is 12.5. The number of aromatic amines is 1. The Labute approximate surface area is 172 Å². The molecule has 1 aliphatic carbocycles. The third kappa shape index (κ3) is 3.50. The van der Waals surface area contributed by atoms with Crippen LogP contribution in [0.3, 0.4) is 0 Å². The van der Waals surface area contributed by atoms with Crippen molar-refractivity contribution in [3.05, 3.63) is 73.6 Å². The zero-order valence-electron chi connectivity index (χ0n) is 15.2. The molecule has 0 unspecified atom stereocenters. The van der Waals surface area contributed by atoms with Crippen LogP contribution in [0.2, 0.25) is 10.0 Å². The van der Waals surface area contributed by atoms with Crippen molar-refractivity contribution in [1.29, 1.82) is 0 Å². The van der Waals surface area contributed by atoms with Crippen molar-refractivity contribution < 1.29 is 4.42 Å². The quantitative estimate of drug-likeness (QED) is 0.666. The molecule has 2 aromatic heterocycles. The van der Waals surface area contributed by atoms with Crippen LogP contribution in [-0.2, 0) is 19.5 Å². The van der Waals surface area contributed by atoms with E-state index in [2.05, 4.69) is 9.88 Å². The fourth-order valence-electron chi connectivity index (χ4n) is 3.67. The summed E-state index contributed by atoms with van der Waals surface area (Å²) in [5.74, 6) is 2.93. The van der Waals surface area contributed by atoms with Gasteiger partial charge in [0.2, 0.25) is 0 Å². The molecule has 144 valence electrons. The first kappa shape index (κ1) is 18.0. The number of furan rings is 1. The highest BCUT2D eigenvalue weighted by Gasteiger charge is 2.29. The average molecular weight is 416 g/mol. The maximum Gasteiger partial charge on any atom is 0.255 e. The Bertz CT molecular complexity index is 1100. The van der Waals surface area contributed by atoms with E-state index in [4.69, 9.17) is 32.6 Å². The van der Waals surface area contributed by atoms with E-state index in [-0.39, 0.29) is 5.56 Å². The summed E-state index contributed by atoms with van der Waals surface area (Å²) in [7, 11) is 0. The van der Waals surface area contributed by atoms with E-state index in [1.54, 1.807) is 12.1 Å². The van der Waals surface area contributed by atoms with E-state index >= 15 is 0 Å². The van der Waals surface area contributed by atoms with Gasteiger partial charge in [-0.2, -0.15) is 0 Å². The molecule has 0 saturated heterocycles. The maximum atomic E-state index is 12.5. The minimum Gasteiger partial charge on any atom is -0.460 e. The molecule has 3 aromatic rings. The van der Waals surface area contributed by atoms with Crippen LogP contribution in [0.15, 0.2) is 39.5 Å². The van der Waals surface area contributed by atoms with Crippen molar-refractivity contribution in [2.45, 2.75) is 38.3 Å². The SMILES string of the molecule is O=c1[nH]c(C2CC2)nc2c1CN(Cc1ccc(-c3ccc(Cl)c(Cl)c3)o1)CC2. The number of H-pyrrole nitrogens is 1. The van der Waals surface area contributed by atoms with E-state index in [1.807, 2.05) is 18.2 Å². The lowest BCUT2D eigenvalue weighted by Crippen LogP contribution is -2.35. The highest BCUT2D eigenvalue weighted by atomic mass is 35.5. The number of benzene rings is 1. The topological polar surface area (TPSA) is 62.1 Å². The second kappa shape index (κ2) is 7.07. The van der Waals surface area contributed by atoms with E-state index in [1.165, 1.54) is 0 Å². The van der Waals surface area contributed by atoms with Crippen molar-refractivity contribution in [3.8, 4) is 11.3 Å². The molecule has 3 heterocycles. The summed E-state index contributed by atoms with van der Waals surface area (Å²) in [5, 5.41) is 1.02. The Morgan fingerprint density at radius 2 is 2.04 bits per heavy atom. The van der Waals surface area contributed by atoms with E-state index in [0.717, 1.165) is 60.0 Å². The van der Waals surface area contributed by atoms with Crippen molar-refractivity contribution in [2.75, 3.05) is 6.54 Å². The van der Waals surface area contributed by atoms with Gasteiger partial charge in [-0.15, -0.1) is 0 Å². The predicted octanol–water partition coefficient (Wildman–Crippen LogP) is 4.77. The Morgan fingerprint density at radius 3 is 2.82 bits per heavy atom. The first-order valence-corrected chi connectivity index (χ1v) is 10.2. The molecular weight excluding hydrogens is 397 g/mol. The lowest BCUT2D eigenvalue weighted by atomic mass is 10.1. The van der Waals surface area contributed by atoms with Crippen molar-refractivity contribution in [1.82, 2.24) is 14.9 Å². The van der Waals surface area contributed by atoms with Gasteiger partial charge >= 0.3 is 0 Å². The van der Waals surface area contributed by atoms with Crippen LogP contribution >= 0.6 is 23.2 Å². The summed E-state index contributed by atoms with van der Waals surface area (Å²) in [6, 6.07) is 9.34. The minimum atomic E-state index is 0.00698. The second-order valence-electron chi connectivity index (χ2n) is 7.51. The monoisotopic (exact) mass is 415 g/mol. The Morgan fingerprint density at radius 1 is 1.18 bits per heavy atom. The van der Waals surface area contributed by atoms with Gasteiger partial charge in [0.1, 0.15) is 17.3 Å². The molecule has 0 radical (unpaired) electrons. The number of hydrogen-bond donors (Lipinski definition) is 1. The highest BCUT2D eigenvalue weighted by molar-refractivity contribution is 6.42. The standard InChI is InChI=1S/C21H19Cl2N3O2/c22-16-5-3-13(9-17(16)23)19-6-4-14(28-19)10-26-8-7-18-15(11-26)21(27)25-20(24-18)12-1-2-12/h3-6,9,12H,1-2,7-8,10-11H2,(H,24,25,27). The molecule has 1 N–H and O–H groups in total. The fourth-order valence-corrected chi connectivity index (χ4v) is 3.97. The number of nitrogens with zero attached hydrogens (tertiary/aromatic N) is 2. The number of hydrogen-bond acceptors (Lipinski definition) is 4. The normalized spacial score (nSPS) is 16.9. The molecule has 0 spiro atoms. The third-order valence-electron chi connectivity index (χ3n) is 5.38. The van der Waals surface area contributed by atoms with Gasteiger partial charge in [-0.1, -0.05) is 23.2 Å². The minimum absolute atomic E-state index is 0.00698. The molecule has 28 heavy (non-hydrogen) atoms. The van der Waals surface area contributed by atoms with Gasteiger partial charge in [-0.05, 0) is 43.2 Å². The molecule has 1 aliphatic heterocycles. The molecule has 5 rings (SSSR count). The molecule has 0 bridgehead atoms. The first-order chi connectivity index (χ1) is 13.6. The second-order valence-corrected chi connectivity index (χ2v) is 8.32. The van der Waals surface area contributed by atoms with Gasteiger partial charge < -0.3 is 9.40 Å². The largest absolute Gasteiger partial charge is 0.460 e. The van der Waals surface area contributed by atoms with Crippen molar-refractivity contribution in [2.24, 2.45) is 0 Å². The smallest absolute Gasteiger partial charge is 0.255 e. The fraction of sp³-hybridized carbons (Fsp3) is 0.333. The highest BCUT2D eigenvalue weighted by Crippen LogP contribution is 2.38. The van der Waals surface area contributed by atoms with Gasteiger partial charge in [0.15, 0.2) is 0 Å². The summed E-state index contributed by atoms with van der Waals surface area (Å²) in [6.07, 6.45) is 3.06. The Balaban J connectivity index is 1.32. The molecule has 1 fully saturated rings. The van der Waals surface area contributed by atoms with Crippen LogP contribution in [0.25, 0.3) is 11.3 Å². The lowest BCUT2D eigenvalue weighted by Gasteiger charge is -2.26. The molecule has 7 heteroatoms. The molecular formula is C21H19Cl2N3O2. The zero-order chi connectivity index (χ0) is 19.3. The van der Waals surface area contributed by atoms with Gasteiger partial charge in [0.05, 0.1) is 27.8 Å². The number of halogens is 2. The molecule has 2 aliphatic rings. The molecule has 5 nitrogen and oxygen atoms in total. The summed E-state index contributed by atoms with van der Waals surface area (Å²) in [5.41, 5.74) is 2.63. The van der Waals surface area contributed by atoms with Gasteiger partial charge in [0.25, 0.3) is 5.56 Å². The van der Waals surface area contributed by atoms with Crippen LogP contribution < -0.4 is 5.56 Å². The van der Waals surface area contributed by atoms with E-state index in [0.29, 0.717) is 29.1 Å². The van der Waals surface area contributed by atoms with Crippen molar-refractivity contribution >= 4 is 23.2 Å². The first-order valence-electron chi connectivity index (χ1n) is 9.45. The number of nitrogens with one attached hydrogen (secondary N) is 1. The van der Waals surface area contributed by atoms with E-state index < -0.39 is 0 Å².